The molecule has 3 aromatic rings. The number of benzene rings is 3. The summed E-state index contributed by atoms with van der Waals surface area (Å²) in [6, 6.07) is 19.1. The molecule has 0 heterocycles. The van der Waals surface area contributed by atoms with Crippen molar-refractivity contribution in [1.29, 1.82) is 0 Å². The predicted octanol–water partition coefficient (Wildman–Crippen LogP) is 3.42. The van der Waals surface area contributed by atoms with Gasteiger partial charge in [-0.1, -0.05) is 42.5 Å². The van der Waals surface area contributed by atoms with Gasteiger partial charge in [0.1, 0.15) is 0 Å². The Balaban J connectivity index is 1.72. The molecule has 0 aromatic heterocycles. The lowest BCUT2D eigenvalue weighted by atomic mass is 10.1. The topological polar surface area (TPSA) is 93.7 Å². The molecule has 0 saturated heterocycles. The third-order valence-corrected chi connectivity index (χ3v) is 6.37. The van der Waals surface area contributed by atoms with Gasteiger partial charge in [-0.2, -0.15) is 0 Å². The summed E-state index contributed by atoms with van der Waals surface area (Å²) in [7, 11) is -0.679. The molecule has 0 radical (unpaired) electrons. The Morgan fingerprint density at radius 3 is 2.25 bits per heavy atom. The molecule has 0 aliphatic carbocycles. The quantitative estimate of drug-likeness (QED) is 0.517. The van der Waals surface area contributed by atoms with Crippen LogP contribution in [-0.2, 0) is 23.1 Å². The lowest BCUT2D eigenvalue weighted by molar-refractivity contribution is 0.0950. The summed E-state index contributed by atoms with van der Waals surface area (Å²) in [6.07, 6.45) is 0. The summed E-state index contributed by atoms with van der Waals surface area (Å²) in [5, 5.41) is 2.83. The zero-order valence-electron chi connectivity index (χ0n) is 18.2. The van der Waals surface area contributed by atoms with E-state index in [4.69, 9.17) is 9.47 Å². The van der Waals surface area contributed by atoms with Crippen LogP contribution in [0.3, 0.4) is 0 Å². The molecular formula is C24H26N2O5S. The first-order valence-corrected chi connectivity index (χ1v) is 11.5. The maximum atomic E-state index is 12.8. The third-order valence-electron chi connectivity index (χ3n) is 4.97. The van der Waals surface area contributed by atoms with E-state index in [2.05, 4.69) is 10.0 Å². The summed E-state index contributed by atoms with van der Waals surface area (Å²) >= 11 is 0. The molecule has 0 aliphatic heterocycles. The van der Waals surface area contributed by atoms with Crippen LogP contribution >= 0.6 is 0 Å². The second-order valence-electron chi connectivity index (χ2n) is 7.16. The number of nitrogens with one attached hydrogen (secondary N) is 2. The van der Waals surface area contributed by atoms with Crippen molar-refractivity contribution in [1.82, 2.24) is 10.0 Å². The number of hydrogen-bond donors (Lipinski definition) is 2. The van der Waals surface area contributed by atoms with Crippen molar-refractivity contribution in [3.8, 4) is 11.5 Å². The van der Waals surface area contributed by atoms with Gasteiger partial charge in [0.05, 0.1) is 19.1 Å². The molecule has 7 nitrogen and oxygen atoms in total. The van der Waals surface area contributed by atoms with Gasteiger partial charge in [0.15, 0.2) is 11.5 Å². The molecule has 168 valence electrons. The highest BCUT2D eigenvalue weighted by atomic mass is 32.2. The molecule has 0 atom stereocenters. The van der Waals surface area contributed by atoms with Crippen molar-refractivity contribution in [2.75, 3.05) is 14.2 Å². The van der Waals surface area contributed by atoms with Crippen molar-refractivity contribution >= 4 is 15.9 Å². The lowest BCUT2D eigenvalue weighted by Crippen LogP contribution is -2.26. The molecular weight excluding hydrogens is 428 g/mol. The van der Waals surface area contributed by atoms with Crippen LogP contribution in [0.1, 0.15) is 27.0 Å². The van der Waals surface area contributed by atoms with Crippen molar-refractivity contribution in [2.24, 2.45) is 0 Å². The van der Waals surface area contributed by atoms with E-state index in [9.17, 15) is 13.2 Å². The van der Waals surface area contributed by atoms with Gasteiger partial charge < -0.3 is 14.8 Å². The zero-order valence-corrected chi connectivity index (χ0v) is 19.0. The van der Waals surface area contributed by atoms with E-state index in [0.717, 1.165) is 11.1 Å². The smallest absolute Gasteiger partial charge is 0.251 e. The van der Waals surface area contributed by atoms with E-state index in [0.29, 0.717) is 22.6 Å². The molecule has 32 heavy (non-hydrogen) atoms. The predicted molar refractivity (Wildman–Crippen MR) is 122 cm³/mol. The molecule has 8 heteroatoms. The minimum Gasteiger partial charge on any atom is -0.493 e. The van der Waals surface area contributed by atoms with E-state index in [1.54, 1.807) is 39.3 Å². The van der Waals surface area contributed by atoms with Crippen LogP contribution in [0.2, 0.25) is 0 Å². The van der Waals surface area contributed by atoms with E-state index < -0.39 is 10.0 Å². The maximum Gasteiger partial charge on any atom is 0.251 e. The minimum atomic E-state index is -3.78. The lowest BCUT2D eigenvalue weighted by Gasteiger charge is -2.12. The fourth-order valence-corrected chi connectivity index (χ4v) is 4.18. The van der Waals surface area contributed by atoms with Gasteiger partial charge in [-0.25, -0.2) is 13.1 Å². The van der Waals surface area contributed by atoms with Crippen LogP contribution in [0.25, 0.3) is 0 Å². The number of carbonyl (C=O) groups is 1. The molecule has 0 spiro atoms. The molecule has 3 aromatic carbocycles. The fraction of sp³-hybridized carbons (Fsp3) is 0.208. The summed E-state index contributed by atoms with van der Waals surface area (Å²) in [5.74, 6) is 0.796. The SMILES string of the molecule is COc1ccc(CNC(=O)c2cc(S(=O)(=O)NCc3ccccc3)ccc2C)cc1OC. The number of amides is 1. The van der Waals surface area contributed by atoms with Gasteiger partial charge in [0.2, 0.25) is 10.0 Å². The van der Waals surface area contributed by atoms with Gasteiger partial charge in [-0.3, -0.25) is 4.79 Å². The Bertz CT molecular complexity index is 1190. The Morgan fingerprint density at radius 1 is 0.844 bits per heavy atom. The van der Waals surface area contributed by atoms with Crippen LogP contribution in [0.4, 0.5) is 0 Å². The van der Waals surface area contributed by atoms with Crippen LogP contribution in [0, 0.1) is 6.92 Å². The first kappa shape index (κ1) is 23.3. The summed E-state index contributed by atoms with van der Waals surface area (Å²) in [5.41, 5.74) is 2.64. The van der Waals surface area contributed by atoms with E-state index >= 15 is 0 Å². The first-order chi connectivity index (χ1) is 15.3. The highest BCUT2D eigenvalue weighted by molar-refractivity contribution is 7.89. The molecule has 0 bridgehead atoms. The molecule has 0 aliphatic rings. The summed E-state index contributed by atoms with van der Waals surface area (Å²) in [4.78, 5) is 12.8. The van der Waals surface area contributed by atoms with Gasteiger partial charge in [0, 0.05) is 18.7 Å². The Labute approximate surface area is 188 Å². The Hall–Kier alpha value is -3.36. The number of aryl methyl sites for hydroxylation is 1. The molecule has 1 amide bonds. The van der Waals surface area contributed by atoms with Crippen LogP contribution in [-0.4, -0.2) is 28.5 Å². The Morgan fingerprint density at radius 2 is 1.56 bits per heavy atom. The Kier molecular flexibility index (Phi) is 7.50. The van der Waals surface area contributed by atoms with Gasteiger partial charge in [0.25, 0.3) is 5.91 Å². The highest BCUT2D eigenvalue weighted by Crippen LogP contribution is 2.27. The van der Waals surface area contributed by atoms with Crippen LogP contribution < -0.4 is 19.5 Å². The van der Waals surface area contributed by atoms with E-state index in [1.807, 2.05) is 36.4 Å². The standard InChI is InChI=1S/C24H26N2O5S/c1-17-9-11-20(32(28,29)26-16-18-7-5-4-6-8-18)14-21(17)24(27)25-15-19-10-12-22(30-2)23(13-19)31-3/h4-14,26H,15-16H2,1-3H3,(H,25,27). The average molecular weight is 455 g/mol. The molecule has 0 unspecified atom stereocenters. The number of methoxy groups -OCH3 is 2. The number of ether oxygens (including phenoxy) is 2. The minimum absolute atomic E-state index is 0.0373. The number of sulfonamides is 1. The largest absolute Gasteiger partial charge is 0.493 e. The van der Waals surface area contributed by atoms with Crippen LogP contribution in [0.5, 0.6) is 11.5 Å². The van der Waals surface area contributed by atoms with Crippen LogP contribution in [0.15, 0.2) is 71.6 Å². The van der Waals surface area contributed by atoms with Gasteiger partial charge in [-0.05, 0) is 47.9 Å². The first-order valence-electron chi connectivity index (χ1n) is 9.97. The second-order valence-corrected chi connectivity index (χ2v) is 8.93. The molecule has 0 saturated carbocycles. The number of rotatable bonds is 9. The van der Waals surface area contributed by atoms with Crippen molar-refractivity contribution in [3.05, 3.63) is 89.0 Å². The fourth-order valence-electron chi connectivity index (χ4n) is 3.14. The normalized spacial score (nSPS) is 11.1. The zero-order chi connectivity index (χ0) is 23.1. The monoisotopic (exact) mass is 454 g/mol. The molecule has 0 fully saturated rings. The highest BCUT2D eigenvalue weighted by Gasteiger charge is 2.18. The van der Waals surface area contributed by atoms with Gasteiger partial charge >= 0.3 is 0 Å². The second kappa shape index (κ2) is 10.3. The number of carbonyl (C=O) groups excluding carboxylic acids is 1. The van der Waals surface area contributed by atoms with Crippen molar-refractivity contribution in [3.63, 3.8) is 0 Å². The van der Waals surface area contributed by atoms with Crippen molar-refractivity contribution in [2.45, 2.75) is 24.9 Å². The van der Waals surface area contributed by atoms with Crippen molar-refractivity contribution < 1.29 is 22.7 Å². The van der Waals surface area contributed by atoms with E-state index in [-0.39, 0.29) is 23.9 Å². The summed E-state index contributed by atoms with van der Waals surface area (Å²) in [6.45, 7) is 2.18. The molecule has 2 N–H and O–H groups in total. The maximum absolute atomic E-state index is 12.8. The van der Waals surface area contributed by atoms with Gasteiger partial charge in [-0.15, -0.1) is 0 Å². The van der Waals surface area contributed by atoms with E-state index in [1.165, 1.54) is 12.1 Å². The third kappa shape index (κ3) is 5.66. The molecule has 3 rings (SSSR count). The summed E-state index contributed by atoms with van der Waals surface area (Å²) < 4.78 is 38.5. The number of hydrogen-bond acceptors (Lipinski definition) is 5. The average Bonchev–Trinajstić information content (AvgIpc) is 2.81.